The van der Waals surface area contributed by atoms with Gasteiger partial charge in [0.05, 0.1) is 11.8 Å². The lowest BCUT2D eigenvalue weighted by Gasteiger charge is -2.27. The van der Waals surface area contributed by atoms with Gasteiger partial charge in [0.2, 0.25) is 11.0 Å². The number of rotatable bonds is 7. The Morgan fingerprint density at radius 2 is 2.12 bits per heavy atom. The quantitative estimate of drug-likeness (QED) is 0.694. The molecule has 0 saturated carbocycles. The minimum atomic E-state index is -0.867. The zero-order valence-electron chi connectivity index (χ0n) is 15.6. The van der Waals surface area contributed by atoms with E-state index < -0.39 is 5.54 Å². The van der Waals surface area contributed by atoms with Crippen molar-refractivity contribution < 1.29 is 4.79 Å². The number of anilines is 2. The van der Waals surface area contributed by atoms with E-state index in [1.807, 2.05) is 26.0 Å². The number of thioether (sulfide) groups is 1. The van der Waals surface area contributed by atoms with E-state index in [1.54, 1.807) is 6.92 Å². The third-order valence-corrected chi connectivity index (χ3v) is 6.34. The molecular weight excluding hydrogens is 366 g/mol. The molecule has 0 fully saturated rings. The van der Waals surface area contributed by atoms with Crippen LogP contribution in [0.15, 0.2) is 22.5 Å². The van der Waals surface area contributed by atoms with Crippen LogP contribution in [0.4, 0.5) is 10.8 Å². The maximum Gasteiger partial charge on any atom is 0.231 e. The fourth-order valence-electron chi connectivity index (χ4n) is 2.07. The zero-order valence-corrected chi connectivity index (χ0v) is 17.2. The summed E-state index contributed by atoms with van der Waals surface area (Å²) >= 11 is 2.71. The largest absolute Gasteiger partial charge is 0.337 e. The van der Waals surface area contributed by atoms with Gasteiger partial charge in [-0.25, -0.2) is 0 Å². The standard InChI is InChI=1S/C18H23N5OS2/c1-11(2)18(5,10-19)21-15(24)9-25-17-23-22-16(26-17)20-14-8-6-7-12(3)13(14)4/h6-8,11H,9H2,1-5H3,(H,20,22)(H,21,24)/t18-/m1/s1. The van der Waals surface area contributed by atoms with E-state index in [0.29, 0.717) is 9.47 Å². The Hall–Kier alpha value is -2.11. The number of carbonyl (C=O) groups is 1. The first-order valence-electron chi connectivity index (χ1n) is 8.27. The maximum atomic E-state index is 12.1. The molecule has 8 heteroatoms. The normalized spacial score (nSPS) is 13.1. The monoisotopic (exact) mass is 389 g/mol. The van der Waals surface area contributed by atoms with Gasteiger partial charge in [0.1, 0.15) is 5.54 Å². The van der Waals surface area contributed by atoms with Gasteiger partial charge in [-0.1, -0.05) is 49.1 Å². The van der Waals surface area contributed by atoms with Gasteiger partial charge in [0.15, 0.2) is 4.34 Å². The van der Waals surface area contributed by atoms with Crippen molar-refractivity contribution in [3.05, 3.63) is 29.3 Å². The number of carbonyl (C=O) groups excluding carboxylic acids is 1. The van der Waals surface area contributed by atoms with E-state index in [2.05, 4.69) is 46.8 Å². The molecule has 0 spiro atoms. The first-order valence-corrected chi connectivity index (χ1v) is 10.1. The van der Waals surface area contributed by atoms with Crippen LogP contribution in [0.3, 0.4) is 0 Å². The van der Waals surface area contributed by atoms with E-state index >= 15 is 0 Å². The first-order chi connectivity index (χ1) is 12.2. The number of nitrogens with one attached hydrogen (secondary N) is 2. The first kappa shape index (κ1) is 20.2. The summed E-state index contributed by atoms with van der Waals surface area (Å²) in [6, 6.07) is 8.23. The number of benzene rings is 1. The van der Waals surface area contributed by atoms with Crippen molar-refractivity contribution in [2.24, 2.45) is 5.92 Å². The molecule has 2 aromatic rings. The van der Waals surface area contributed by atoms with E-state index in [-0.39, 0.29) is 17.6 Å². The summed E-state index contributed by atoms with van der Waals surface area (Å²) in [6.45, 7) is 9.67. The minimum Gasteiger partial charge on any atom is -0.337 e. The predicted molar refractivity (Wildman–Crippen MR) is 107 cm³/mol. The zero-order chi connectivity index (χ0) is 19.3. The van der Waals surface area contributed by atoms with Crippen molar-refractivity contribution >= 4 is 39.8 Å². The fourth-order valence-corrected chi connectivity index (χ4v) is 3.64. The highest BCUT2D eigenvalue weighted by Crippen LogP contribution is 2.29. The predicted octanol–water partition coefficient (Wildman–Crippen LogP) is 4.05. The van der Waals surface area contributed by atoms with Gasteiger partial charge in [-0.05, 0) is 43.9 Å². The number of nitrogens with zero attached hydrogens (tertiary/aromatic N) is 3. The van der Waals surface area contributed by atoms with E-state index in [4.69, 9.17) is 0 Å². The van der Waals surface area contributed by atoms with Crippen molar-refractivity contribution in [1.29, 1.82) is 5.26 Å². The Kier molecular flexibility index (Phi) is 6.62. The van der Waals surface area contributed by atoms with Crippen LogP contribution < -0.4 is 10.6 Å². The van der Waals surface area contributed by atoms with Gasteiger partial charge in [0.25, 0.3) is 0 Å². The second kappa shape index (κ2) is 8.52. The van der Waals surface area contributed by atoms with Crippen LogP contribution in [0.5, 0.6) is 0 Å². The Bertz CT molecular complexity index is 827. The summed E-state index contributed by atoms with van der Waals surface area (Å²) in [7, 11) is 0. The van der Waals surface area contributed by atoms with Crippen molar-refractivity contribution in [2.75, 3.05) is 11.1 Å². The molecule has 1 heterocycles. The highest BCUT2D eigenvalue weighted by molar-refractivity contribution is 8.01. The van der Waals surface area contributed by atoms with Crippen molar-refractivity contribution in [3.8, 4) is 6.07 Å². The van der Waals surface area contributed by atoms with Crippen molar-refractivity contribution in [2.45, 2.75) is 44.5 Å². The highest BCUT2D eigenvalue weighted by Gasteiger charge is 2.29. The van der Waals surface area contributed by atoms with Crippen LogP contribution in [-0.2, 0) is 4.79 Å². The van der Waals surface area contributed by atoms with Crippen LogP contribution in [0.2, 0.25) is 0 Å². The number of nitriles is 1. The Morgan fingerprint density at radius 3 is 2.77 bits per heavy atom. The summed E-state index contributed by atoms with van der Waals surface area (Å²) < 4.78 is 0.705. The second-order valence-corrected chi connectivity index (χ2v) is 8.75. The number of amides is 1. The van der Waals surface area contributed by atoms with E-state index in [1.165, 1.54) is 34.2 Å². The molecule has 1 aromatic carbocycles. The molecule has 0 saturated heterocycles. The molecule has 0 unspecified atom stereocenters. The van der Waals surface area contributed by atoms with Crippen LogP contribution in [0.1, 0.15) is 31.9 Å². The lowest BCUT2D eigenvalue weighted by atomic mass is 9.90. The van der Waals surface area contributed by atoms with Crippen LogP contribution in [0, 0.1) is 31.1 Å². The van der Waals surface area contributed by atoms with Crippen LogP contribution in [-0.4, -0.2) is 27.4 Å². The number of aromatic nitrogens is 2. The molecule has 1 atom stereocenters. The third kappa shape index (κ3) is 4.96. The average Bonchev–Trinajstić information content (AvgIpc) is 3.04. The minimum absolute atomic E-state index is 0.0244. The van der Waals surface area contributed by atoms with Crippen LogP contribution >= 0.6 is 23.1 Å². The van der Waals surface area contributed by atoms with Gasteiger partial charge in [-0.2, -0.15) is 5.26 Å². The molecule has 1 aromatic heterocycles. The summed E-state index contributed by atoms with van der Waals surface area (Å²) in [4.78, 5) is 12.1. The molecule has 0 aliphatic carbocycles. The molecule has 1 amide bonds. The van der Waals surface area contributed by atoms with Gasteiger partial charge in [-0.15, -0.1) is 10.2 Å². The molecule has 0 aliphatic heterocycles. The smallest absolute Gasteiger partial charge is 0.231 e. The molecule has 0 radical (unpaired) electrons. The van der Waals surface area contributed by atoms with E-state index in [0.717, 1.165) is 5.69 Å². The average molecular weight is 390 g/mol. The molecule has 2 rings (SSSR count). The number of aryl methyl sites for hydroxylation is 1. The number of hydrogen-bond acceptors (Lipinski definition) is 7. The van der Waals surface area contributed by atoms with Gasteiger partial charge in [0, 0.05) is 5.69 Å². The summed E-state index contributed by atoms with van der Waals surface area (Å²) in [5.74, 6) is 0.0329. The SMILES string of the molecule is Cc1cccc(Nc2nnc(SCC(=O)N[C@](C)(C#N)C(C)C)s2)c1C. The lowest BCUT2D eigenvalue weighted by Crippen LogP contribution is -2.49. The second-order valence-electron chi connectivity index (χ2n) is 6.55. The van der Waals surface area contributed by atoms with Crippen LogP contribution in [0.25, 0.3) is 0 Å². The molecule has 2 N–H and O–H groups in total. The summed E-state index contributed by atoms with van der Waals surface area (Å²) in [5, 5.41) is 24.3. The third-order valence-electron chi connectivity index (χ3n) is 4.37. The molecule has 0 aliphatic rings. The highest BCUT2D eigenvalue weighted by atomic mass is 32.2. The Morgan fingerprint density at radius 1 is 1.38 bits per heavy atom. The van der Waals surface area contributed by atoms with Gasteiger partial charge >= 0.3 is 0 Å². The molecule has 0 bridgehead atoms. The molecular formula is C18H23N5OS2. The Labute approximate surface area is 162 Å². The fraction of sp³-hybridized carbons (Fsp3) is 0.444. The van der Waals surface area contributed by atoms with Crippen molar-refractivity contribution in [1.82, 2.24) is 15.5 Å². The topological polar surface area (TPSA) is 90.7 Å². The molecule has 26 heavy (non-hydrogen) atoms. The van der Waals surface area contributed by atoms with Gasteiger partial charge < -0.3 is 10.6 Å². The summed E-state index contributed by atoms with van der Waals surface area (Å²) in [5.41, 5.74) is 2.50. The molecule has 6 nitrogen and oxygen atoms in total. The van der Waals surface area contributed by atoms with E-state index in [9.17, 15) is 10.1 Å². The lowest BCUT2D eigenvalue weighted by molar-refractivity contribution is -0.120. The summed E-state index contributed by atoms with van der Waals surface area (Å²) in [6.07, 6.45) is 0. The van der Waals surface area contributed by atoms with Crippen molar-refractivity contribution in [3.63, 3.8) is 0 Å². The number of hydrogen-bond donors (Lipinski definition) is 2. The Balaban J connectivity index is 1.93. The molecule has 138 valence electrons. The maximum absolute atomic E-state index is 12.1. The van der Waals surface area contributed by atoms with Gasteiger partial charge in [-0.3, -0.25) is 4.79 Å².